The minimum Gasteiger partial charge on any atom is -0.478 e. The van der Waals surface area contributed by atoms with Gasteiger partial charge in [-0.25, -0.2) is 4.79 Å². The molecular weight excluding hydrogens is 324 g/mol. The molecule has 0 fully saturated rings. The third-order valence-corrected chi connectivity index (χ3v) is 4.08. The summed E-state index contributed by atoms with van der Waals surface area (Å²) in [6.07, 6.45) is 0. The third-order valence-electron chi connectivity index (χ3n) is 4.08. The molecule has 0 amide bonds. The van der Waals surface area contributed by atoms with Crippen LogP contribution in [0.2, 0.25) is 0 Å². The van der Waals surface area contributed by atoms with Crippen LogP contribution in [0.4, 0.5) is 0 Å². The van der Waals surface area contributed by atoms with Crippen LogP contribution in [-0.2, 0) is 0 Å². The van der Waals surface area contributed by atoms with E-state index in [1.165, 1.54) is 0 Å². The fourth-order valence-corrected chi connectivity index (χ4v) is 2.87. The lowest BCUT2D eigenvalue weighted by atomic mass is 9.98. The van der Waals surface area contributed by atoms with Crippen molar-refractivity contribution in [3.63, 3.8) is 0 Å². The zero-order valence-corrected chi connectivity index (χ0v) is 13.8. The summed E-state index contributed by atoms with van der Waals surface area (Å²) in [7, 11) is 0. The summed E-state index contributed by atoms with van der Waals surface area (Å²) in [5.41, 5.74) is 2.87. The smallest absolute Gasteiger partial charge is 0.336 e. The fraction of sp³-hybridized carbons (Fsp3) is 0. The highest BCUT2D eigenvalue weighted by Gasteiger charge is 2.18. The average Bonchev–Trinajstić information content (AvgIpc) is 3.10. The van der Waals surface area contributed by atoms with Crippen LogP contribution in [0.3, 0.4) is 0 Å². The first kappa shape index (κ1) is 15.7. The van der Waals surface area contributed by atoms with Crippen LogP contribution in [0.15, 0.2) is 83.3 Å². The Labute approximate surface area is 150 Å². The summed E-state index contributed by atoms with van der Waals surface area (Å²) in [5, 5.41) is 10.5. The van der Waals surface area contributed by atoms with Crippen molar-refractivity contribution in [2.75, 3.05) is 0 Å². The van der Waals surface area contributed by atoms with E-state index in [0.29, 0.717) is 22.5 Å². The lowest BCUT2D eigenvalue weighted by molar-refractivity contribution is 0.0697. The molecule has 0 aliphatic rings. The molecule has 1 aromatic heterocycles. The maximum absolute atomic E-state index is 11.7. The Morgan fingerprint density at radius 3 is 2.38 bits per heavy atom. The number of aromatic carboxylic acids is 1. The second-order valence-electron chi connectivity index (χ2n) is 5.80. The van der Waals surface area contributed by atoms with E-state index in [0.717, 1.165) is 10.9 Å². The van der Waals surface area contributed by atoms with Crippen molar-refractivity contribution in [1.82, 2.24) is 0 Å². The Morgan fingerprint density at radius 1 is 0.846 bits per heavy atom. The molecule has 0 radical (unpaired) electrons. The van der Waals surface area contributed by atoms with Gasteiger partial charge in [-0.3, -0.25) is 0 Å². The van der Waals surface area contributed by atoms with Gasteiger partial charge in [0.1, 0.15) is 11.3 Å². The number of carbonyl (C=O) groups is 1. The molecule has 4 aromatic rings. The van der Waals surface area contributed by atoms with Crippen LogP contribution >= 0.6 is 0 Å². The Bertz CT molecular complexity index is 1130. The highest BCUT2D eigenvalue weighted by Crippen LogP contribution is 2.32. The molecule has 1 heterocycles. The summed E-state index contributed by atoms with van der Waals surface area (Å²) in [5.74, 6) is 5.67. The molecule has 0 bridgehead atoms. The van der Waals surface area contributed by atoms with Crippen LogP contribution in [-0.4, -0.2) is 11.1 Å². The van der Waals surface area contributed by atoms with Gasteiger partial charge in [0.25, 0.3) is 0 Å². The van der Waals surface area contributed by atoms with Gasteiger partial charge in [0.2, 0.25) is 0 Å². The molecule has 0 aliphatic heterocycles. The van der Waals surface area contributed by atoms with E-state index in [1.807, 2.05) is 66.7 Å². The number of carboxylic acid groups (broad SMARTS) is 1. The molecule has 0 unspecified atom stereocenters. The first-order chi connectivity index (χ1) is 12.7. The van der Waals surface area contributed by atoms with Gasteiger partial charge in [-0.05, 0) is 36.4 Å². The lowest BCUT2D eigenvalue weighted by Gasteiger charge is -2.06. The van der Waals surface area contributed by atoms with E-state index < -0.39 is 5.97 Å². The minimum absolute atomic E-state index is 0.170. The number of hydrogen-bond acceptors (Lipinski definition) is 2. The van der Waals surface area contributed by atoms with Gasteiger partial charge in [0.05, 0.1) is 5.56 Å². The largest absolute Gasteiger partial charge is 0.478 e. The molecule has 0 saturated heterocycles. The van der Waals surface area contributed by atoms with Gasteiger partial charge in [-0.15, -0.1) is 0 Å². The molecule has 0 spiro atoms. The summed E-state index contributed by atoms with van der Waals surface area (Å²) in [6, 6.07) is 24.1. The van der Waals surface area contributed by atoms with Gasteiger partial charge in [0.15, 0.2) is 0 Å². The standard InChI is InChI=1S/C23H14O3/c24-23(25)19-11-6-10-17(14-13-16-7-2-1-3-8-16)22(19)21-15-18-9-4-5-12-20(18)26-21/h1-12,15H,(H,24,25). The normalized spacial score (nSPS) is 10.3. The van der Waals surface area contributed by atoms with Crippen molar-refractivity contribution in [3.8, 4) is 23.2 Å². The van der Waals surface area contributed by atoms with E-state index in [2.05, 4.69) is 11.8 Å². The molecule has 26 heavy (non-hydrogen) atoms. The number of carboxylic acids is 1. The minimum atomic E-state index is -1.01. The number of fused-ring (bicyclic) bond motifs is 1. The van der Waals surface area contributed by atoms with Crippen molar-refractivity contribution in [2.24, 2.45) is 0 Å². The molecule has 0 saturated carbocycles. The van der Waals surface area contributed by atoms with Gasteiger partial charge in [-0.1, -0.05) is 54.3 Å². The van der Waals surface area contributed by atoms with Gasteiger partial charge in [0, 0.05) is 22.1 Å². The second-order valence-corrected chi connectivity index (χ2v) is 5.80. The monoisotopic (exact) mass is 338 g/mol. The van der Waals surface area contributed by atoms with Crippen LogP contribution in [0.5, 0.6) is 0 Å². The Morgan fingerprint density at radius 2 is 1.62 bits per heavy atom. The topological polar surface area (TPSA) is 50.4 Å². The number of furan rings is 1. The summed E-state index contributed by atoms with van der Waals surface area (Å²) >= 11 is 0. The molecule has 0 aliphatic carbocycles. The van der Waals surface area contributed by atoms with Crippen LogP contribution in [0, 0.1) is 11.8 Å². The van der Waals surface area contributed by atoms with Crippen LogP contribution in [0.1, 0.15) is 21.5 Å². The molecule has 3 nitrogen and oxygen atoms in total. The van der Waals surface area contributed by atoms with E-state index in [-0.39, 0.29) is 5.56 Å². The zero-order chi connectivity index (χ0) is 17.9. The van der Waals surface area contributed by atoms with Crippen LogP contribution < -0.4 is 0 Å². The van der Waals surface area contributed by atoms with E-state index in [1.54, 1.807) is 12.1 Å². The Hall–Kier alpha value is -3.77. The average molecular weight is 338 g/mol. The molecule has 0 atom stereocenters. The van der Waals surface area contributed by atoms with Gasteiger partial charge >= 0.3 is 5.97 Å². The van der Waals surface area contributed by atoms with E-state index in [9.17, 15) is 9.90 Å². The number of rotatable bonds is 2. The molecular formula is C23H14O3. The number of para-hydroxylation sites is 1. The molecule has 3 heteroatoms. The summed E-state index contributed by atoms with van der Waals surface area (Å²) < 4.78 is 5.91. The maximum atomic E-state index is 11.7. The third kappa shape index (κ3) is 2.97. The number of hydrogen-bond donors (Lipinski definition) is 1. The van der Waals surface area contributed by atoms with E-state index >= 15 is 0 Å². The summed E-state index contributed by atoms with van der Waals surface area (Å²) in [6.45, 7) is 0. The highest BCUT2D eigenvalue weighted by atomic mass is 16.4. The second kappa shape index (κ2) is 6.62. The predicted octanol–water partition coefficient (Wildman–Crippen LogP) is 5.20. The maximum Gasteiger partial charge on any atom is 0.336 e. The predicted molar refractivity (Wildman–Crippen MR) is 101 cm³/mol. The number of benzene rings is 3. The lowest BCUT2D eigenvalue weighted by Crippen LogP contribution is -2.01. The zero-order valence-electron chi connectivity index (χ0n) is 13.8. The first-order valence-electron chi connectivity index (χ1n) is 8.15. The molecule has 3 aromatic carbocycles. The highest BCUT2D eigenvalue weighted by molar-refractivity contribution is 5.98. The van der Waals surface area contributed by atoms with Gasteiger partial charge < -0.3 is 9.52 Å². The van der Waals surface area contributed by atoms with Gasteiger partial charge in [-0.2, -0.15) is 0 Å². The molecule has 124 valence electrons. The van der Waals surface area contributed by atoms with Crippen molar-refractivity contribution in [3.05, 3.63) is 95.6 Å². The molecule has 1 N–H and O–H groups in total. The fourth-order valence-electron chi connectivity index (χ4n) is 2.87. The van der Waals surface area contributed by atoms with Crippen molar-refractivity contribution in [2.45, 2.75) is 0 Å². The Kier molecular flexibility index (Phi) is 4.01. The van der Waals surface area contributed by atoms with Crippen molar-refractivity contribution >= 4 is 16.9 Å². The first-order valence-corrected chi connectivity index (χ1v) is 8.15. The van der Waals surface area contributed by atoms with E-state index in [4.69, 9.17) is 4.42 Å². The molecule has 4 rings (SSSR count). The Balaban J connectivity index is 1.91. The quantitative estimate of drug-likeness (QED) is 0.511. The van der Waals surface area contributed by atoms with Crippen LogP contribution in [0.25, 0.3) is 22.3 Å². The van der Waals surface area contributed by atoms with Crippen molar-refractivity contribution in [1.29, 1.82) is 0 Å². The van der Waals surface area contributed by atoms with Crippen molar-refractivity contribution < 1.29 is 14.3 Å². The summed E-state index contributed by atoms with van der Waals surface area (Å²) in [4.78, 5) is 11.7. The SMILES string of the molecule is O=C(O)c1cccc(C#Cc2ccccc2)c1-c1cc2ccccc2o1.